The van der Waals surface area contributed by atoms with Gasteiger partial charge in [0.1, 0.15) is 5.54 Å². The summed E-state index contributed by atoms with van der Waals surface area (Å²) in [6.07, 6.45) is 4.83. The molecule has 259 valence electrons. The molecule has 0 bridgehead atoms. The minimum absolute atomic E-state index is 0.00706. The van der Waals surface area contributed by atoms with Crippen molar-refractivity contribution in [2.45, 2.75) is 35.5 Å². The fourth-order valence-corrected chi connectivity index (χ4v) is 8.42. The Balaban J connectivity index is 1.34. The highest BCUT2D eigenvalue weighted by molar-refractivity contribution is 7.98. The van der Waals surface area contributed by atoms with Crippen LogP contribution in [-0.2, 0) is 11.7 Å². The predicted octanol–water partition coefficient (Wildman–Crippen LogP) is 11.2. The Morgan fingerprint density at radius 2 is 1.35 bits per heavy atom. The Bertz CT molecular complexity index is 2210. The molecule has 0 spiro atoms. The second-order valence-electron chi connectivity index (χ2n) is 13.0. The fourth-order valence-electron chi connectivity index (χ4n) is 7.77. The van der Waals surface area contributed by atoms with Crippen molar-refractivity contribution in [3.63, 3.8) is 0 Å². The van der Waals surface area contributed by atoms with Crippen molar-refractivity contribution < 1.29 is 13.2 Å². The summed E-state index contributed by atoms with van der Waals surface area (Å²) in [6.45, 7) is 0.788. The van der Waals surface area contributed by atoms with Crippen molar-refractivity contribution in [2.75, 3.05) is 17.7 Å². The van der Waals surface area contributed by atoms with E-state index in [2.05, 4.69) is 51.9 Å². The molecule has 0 amide bonds. The van der Waals surface area contributed by atoms with Crippen LogP contribution in [0.4, 0.5) is 18.9 Å². The first-order valence-corrected chi connectivity index (χ1v) is 18.6. The molecule has 3 heterocycles. The third-order valence-electron chi connectivity index (χ3n) is 10.1. The molecule has 52 heavy (non-hydrogen) atoms. The van der Waals surface area contributed by atoms with Crippen LogP contribution in [0.1, 0.15) is 46.8 Å². The first-order chi connectivity index (χ1) is 25.4. The van der Waals surface area contributed by atoms with Gasteiger partial charge in [0.05, 0.1) is 11.6 Å². The highest BCUT2D eigenvalue weighted by atomic mass is 32.2. The molecule has 7 aromatic rings. The standard InChI is InChI=1S/C44H36F3N4S/c1-52-41-23-12-11-21-35(41)39-22-13-14-28-50(39)40-26-27-48-38-25-24-31(29-36(38)40)37-30-51(49-42(37)44(45,46)47)43(32-15-5-2-6-16-32,33-17-7-3-8-18-33)34-19-9-4-10-20-34/h2-13,15-21,23-27,29-30,39H,14,22,28H2,1H3. The van der Waals surface area contributed by atoms with Crippen LogP contribution in [0.25, 0.3) is 22.0 Å². The molecular weight excluding hydrogens is 674 g/mol. The SMILES string of the molecule is CSc1ccccc1C1C[CH]CCN1c1ccnc2ccc(-c3cn(C(c4ccccc4)(c4ccccc4)c4ccccc4)nc3C(F)(F)F)cc12. The molecule has 1 atom stereocenters. The Hall–Kier alpha value is -5.34. The van der Waals surface area contributed by atoms with Crippen molar-refractivity contribution in [2.24, 2.45) is 0 Å². The van der Waals surface area contributed by atoms with Gasteiger partial charge in [0.2, 0.25) is 0 Å². The molecular formula is C44H36F3N4S. The topological polar surface area (TPSA) is 34.0 Å². The number of benzene rings is 5. The number of nitrogens with zero attached hydrogens (tertiary/aromatic N) is 4. The maximum atomic E-state index is 15.2. The second-order valence-corrected chi connectivity index (χ2v) is 13.8. The fraction of sp³-hybridized carbons (Fsp3) is 0.159. The molecule has 1 aliphatic rings. The quantitative estimate of drug-likeness (QED) is 0.116. The van der Waals surface area contributed by atoms with E-state index in [4.69, 9.17) is 0 Å². The van der Waals surface area contributed by atoms with Crippen molar-refractivity contribution in [3.05, 3.63) is 186 Å². The molecule has 0 aliphatic carbocycles. The molecule has 2 aromatic heterocycles. The van der Waals surface area contributed by atoms with Gasteiger partial charge in [-0.3, -0.25) is 9.67 Å². The van der Waals surface area contributed by atoms with E-state index in [1.165, 1.54) is 15.1 Å². The van der Waals surface area contributed by atoms with Crippen molar-refractivity contribution in [1.29, 1.82) is 0 Å². The van der Waals surface area contributed by atoms with E-state index >= 15 is 13.2 Å². The summed E-state index contributed by atoms with van der Waals surface area (Å²) in [4.78, 5) is 8.26. The van der Waals surface area contributed by atoms with Gasteiger partial charge in [-0.25, -0.2) is 0 Å². The number of hydrogen-bond acceptors (Lipinski definition) is 4. The Morgan fingerprint density at radius 1 is 0.731 bits per heavy atom. The normalized spacial score (nSPS) is 15.2. The Labute approximate surface area is 306 Å². The monoisotopic (exact) mass is 709 g/mol. The Morgan fingerprint density at radius 3 is 1.96 bits per heavy atom. The lowest BCUT2D eigenvalue weighted by molar-refractivity contribution is -0.141. The number of pyridine rings is 1. The number of aromatic nitrogens is 3. The highest BCUT2D eigenvalue weighted by Crippen LogP contribution is 2.46. The summed E-state index contributed by atoms with van der Waals surface area (Å²) in [5.74, 6) is 0. The van der Waals surface area contributed by atoms with E-state index in [0.717, 1.165) is 52.7 Å². The molecule has 8 rings (SSSR count). The minimum Gasteiger partial charge on any atom is -0.364 e. The molecule has 1 fully saturated rings. The van der Waals surface area contributed by atoms with E-state index in [1.54, 1.807) is 30.2 Å². The zero-order valence-corrected chi connectivity index (χ0v) is 29.4. The number of fused-ring (bicyclic) bond motifs is 1. The summed E-state index contributed by atoms with van der Waals surface area (Å²) < 4.78 is 47.2. The van der Waals surface area contributed by atoms with Crippen LogP contribution < -0.4 is 4.90 Å². The van der Waals surface area contributed by atoms with Crippen molar-refractivity contribution in [3.8, 4) is 11.1 Å². The van der Waals surface area contributed by atoms with E-state index < -0.39 is 17.4 Å². The summed E-state index contributed by atoms with van der Waals surface area (Å²) in [5, 5.41) is 5.28. The van der Waals surface area contributed by atoms with Gasteiger partial charge in [0.25, 0.3) is 0 Å². The van der Waals surface area contributed by atoms with Crippen LogP contribution in [0.3, 0.4) is 0 Å². The van der Waals surface area contributed by atoms with E-state index in [1.807, 2.05) is 109 Å². The summed E-state index contributed by atoms with van der Waals surface area (Å²) in [6, 6.07) is 44.8. The number of anilines is 1. The average Bonchev–Trinajstić information content (AvgIpc) is 3.66. The number of hydrogen-bond donors (Lipinski definition) is 0. The second kappa shape index (κ2) is 14.0. The predicted molar refractivity (Wildman–Crippen MR) is 204 cm³/mol. The number of thioether (sulfide) groups is 1. The first-order valence-electron chi connectivity index (χ1n) is 17.3. The van der Waals surface area contributed by atoms with Gasteiger partial charge < -0.3 is 4.90 Å². The lowest BCUT2D eigenvalue weighted by atomic mass is 9.77. The third-order valence-corrected chi connectivity index (χ3v) is 10.9. The van der Waals surface area contributed by atoms with E-state index in [0.29, 0.717) is 5.56 Å². The van der Waals surface area contributed by atoms with Gasteiger partial charge >= 0.3 is 6.18 Å². The van der Waals surface area contributed by atoms with Crippen LogP contribution in [-0.4, -0.2) is 27.6 Å². The van der Waals surface area contributed by atoms with Gasteiger partial charge in [-0.15, -0.1) is 11.8 Å². The third kappa shape index (κ3) is 5.95. The zero-order valence-electron chi connectivity index (χ0n) is 28.5. The van der Waals surface area contributed by atoms with Crippen LogP contribution in [0.15, 0.2) is 157 Å². The summed E-state index contributed by atoms with van der Waals surface area (Å²) in [7, 11) is 0. The molecule has 1 unspecified atom stereocenters. The number of piperidine rings is 1. The maximum Gasteiger partial charge on any atom is 0.435 e. The molecule has 5 aromatic carbocycles. The molecule has 1 aliphatic heterocycles. The highest BCUT2D eigenvalue weighted by Gasteiger charge is 2.44. The molecule has 4 nitrogen and oxygen atoms in total. The molecule has 1 saturated heterocycles. The number of rotatable bonds is 8. The summed E-state index contributed by atoms with van der Waals surface area (Å²) in [5.41, 5.74) is 3.58. The van der Waals surface area contributed by atoms with Gasteiger partial charge in [-0.05, 0) is 77.6 Å². The van der Waals surface area contributed by atoms with Gasteiger partial charge in [-0.1, -0.05) is 115 Å². The molecule has 8 heteroatoms. The first kappa shape index (κ1) is 33.8. The number of alkyl halides is 3. The van der Waals surface area contributed by atoms with E-state index in [9.17, 15) is 0 Å². The van der Waals surface area contributed by atoms with Gasteiger partial charge in [0.15, 0.2) is 5.69 Å². The van der Waals surface area contributed by atoms with Gasteiger partial charge in [0, 0.05) is 40.5 Å². The van der Waals surface area contributed by atoms with Crippen LogP contribution in [0.2, 0.25) is 0 Å². The van der Waals surface area contributed by atoms with E-state index in [-0.39, 0.29) is 11.6 Å². The smallest absolute Gasteiger partial charge is 0.364 e. The molecule has 1 radical (unpaired) electrons. The van der Waals surface area contributed by atoms with Crippen molar-refractivity contribution in [1.82, 2.24) is 14.8 Å². The van der Waals surface area contributed by atoms with Crippen LogP contribution in [0.5, 0.6) is 0 Å². The lowest BCUT2D eigenvalue weighted by Crippen LogP contribution is -2.38. The van der Waals surface area contributed by atoms with Crippen LogP contribution in [0, 0.1) is 6.42 Å². The molecule has 0 N–H and O–H groups in total. The number of halogens is 3. The maximum absolute atomic E-state index is 15.2. The Kier molecular flexibility index (Phi) is 9.09. The lowest BCUT2D eigenvalue weighted by Gasteiger charge is -2.39. The van der Waals surface area contributed by atoms with Crippen molar-refractivity contribution >= 4 is 28.4 Å². The van der Waals surface area contributed by atoms with Crippen LogP contribution >= 0.6 is 11.8 Å². The molecule has 0 saturated carbocycles. The minimum atomic E-state index is -4.72. The summed E-state index contributed by atoms with van der Waals surface area (Å²) >= 11 is 1.72. The zero-order chi connectivity index (χ0) is 35.7. The largest absolute Gasteiger partial charge is 0.435 e. The average molecular weight is 710 g/mol. The van der Waals surface area contributed by atoms with Gasteiger partial charge in [-0.2, -0.15) is 18.3 Å².